The van der Waals surface area contributed by atoms with E-state index in [0.717, 1.165) is 27.4 Å². The third-order valence-electron chi connectivity index (χ3n) is 3.08. The number of hydrogen-bond acceptors (Lipinski definition) is 1. The lowest BCUT2D eigenvalue weighted by molar-refractivity contribution is -0.671. The van der Waals surface area contributed by atoms with Gasteiger partial charge in [-0.25, -0.2) is 9.55 Å². The van der Waals surface area contributed by atoms with Crippen LogP contribution in [0.25, 0.3) is 22.4 Å². The van der Waals surface area contributed by atoms with E-state index in [1.165, 1.54) is 0 Å². The highest BCUT2D eigenvalue weighted by atomic mass is 127. The third-order valence-corrected chi connectivity index (χ3v) is 3.31. The van der Waals surface area contributed by atoms with Crippen molar-refractivity contribution in [1.82, 2.24) is 9.55 Å². The Bertz CT molecular complexity index is 719. The van der Waals surface area contributed by atoms with Crippen LogP contribution >= 0.6 is 11.6 Å². The molecule has 5 heteroatoms. The molecule has 0 fully saturated rings. The number of benzene rings is 1. The van der Waals surface area contributed by atoms with Crippen LogP contribution in [0.15, 0.2) is 42.7 Å². The van der Waals surface area contributed by atoms with E-state index in [4.69, 9.17) is 11.6 Å². The second-order valence-corrected chi connectivity index (χ2v) is 4.82. The van der Waals surface area contributed by atoms with Crippen molar-refractivity contribution in [1.29, 1.82) is 0 Å². The number of hydrogen-bond donors (Lipinski definition) is 0. The number of nitrogens with zero attached hydrogens (tertiary/aromatic N) is 3. The molecule has 0 aliphatic carbocycles. The zero-order chi connectivity index (χ0) is 12.7. The first kappa shape index (κ1) is 14.3. The normalized spacial score (nSPS) is 10.5. The summed E-state index contributed by atoms with van der Waals surface area (Å²) in [5.74, 6) is 0.952. The van der Waals surface area contributed by atoms with Crippen LogP contribution in [-0.4, -0.2) is 9.55 Å². The Morgan fingerprint density at radius 1 is 1.16 bits per heavy atom. The molecule has 2 heterocycles. The summed E-state index contributed by atoms with van der Waals surface area (Å²) >= 11 is 6.02. The first-order chi connectivity index (χ1) is 8.65. The molecular formula is C14H13ClIN3. The van der Waals surface area contributed by atoms with Gasteiger partial charge >= 0.3 is 0 Å². The van der Waals surface area contributed by atoms with Crippen molar-refractivity contribution in [2.24, 2.45) is 14.1 Å². The highest BCUT2D eigenvalue weighted by molar-refractivity contribution is 6.31. The molecule has 0 saturated heterocycles. The first-order valence-corrected chi connectivity index (χ1v) is 6.10. The number of imidazole rings is 1. The lowest BCUT2D eigenvalue weighted by Crippen LogP contribution is -3.00. The lowest BCUT2D eigenvalue weighted by atomic mass is 10.2. The summed E-state index contributed by atoms with van der Waals surface area (Å²) in [6.45, 7) is 0. The number of pyridine rings is 1. The minimum absolute atomic E-state index is 0. The Balaban J connectivity index is 0.00000133. The van der Waals surface area contributed by atoms with Crippen molar-refractivity contribution in [2.75, 3.05) is 0 Å². The maximum atomic E-state index is 6.02. The number of aryl methyl sites for hydroxylation is 2. The van der Waals surface area contributed by atoms with Crippen LogP contribution in [0.3, 0.4) is 0 Å². The summed E-state index contributed by atoms with van der Waals surface area (Å²) in [4.78, 5) is 4.65. The van der Waals surface area contributed by atoms with Crippen molar-refractivity contribution in [3.63, 3.8) is 0 Å². The first-order valence-electron chi connectivity index (χ1n) is 5.73. The van der Waals surface area contributed by atoms with Gasteiger partial charge in [-0.15, -0.1) is 0 Å². The van der Waals surface area contributed by atoms with Crippen molar-refractivity contribution in [2.45, 2.75) is 0 Å². The number of rotatable bonds is 1. The number of aromatic nitrogens is 3. The predicted octanol–water partition coefficient (Wildman–Crippen LogP) is -0.278. The number of halogens is 2. The average molecular weight is 386 g/mol. The molecule has 0 aliphatic heterocycles. The largest absolute Gasteiger partial charge is 1.00 e. The average Bonchev–Trinajstić information content (AvgIpc) is 2.68. The fourth-order valence-electron chi connectivity index (χ4n) is 2.07. The summed E-state index contributed by atoms with van der Waals surface area (Å²) in [6, 6.07) is 9.87. The molecule has 0 atom stereocenters. The van der Waals surface area contributed by atoms with Gasteiger partial charge in [0.15, 0.2) is 12.4 Å². The molecule has 0 radical (unpaired) electrons. The standard InChI is InChI=1S/C14H13ClN3.HI/c1-17-7-5-10(6-8-17)14-16-12-4-3-11(15)9-13(12)18(14)2;/h3-9H,1-2H3;1H/q+1;/p-1. The van der Waals surface area contributed by atoms with Gasteiger partial charge < -0.3 is 28.5 Å². The van der Waals surface area contributed by atoms with Gasteiger partial charge in [0, 0.05) is 29.8 Å². The fourth-order valence-corrected chi connectivity index (χ4v) is 2.24. The molecule has 0 saturated carbocycles. The fraction of sp³-hybridized carbons (Fsp3) is 0.143. The zero-order valence-corrected chi connectivity index (χ0v) is 13.6. The monoisotopic (exact) mass is 385 g/mol. The van der Waals surface area contributed by atoms with E-state index in [1.54, 1.807) is 0 Å². The van der Waals surface area contributed by atoms with E-state index in [-0.39, 0.29) is 24.0 Å². The van der Waals surface area contributed by atoms with Gasteiger partial charge in [0.2, 0.25) is 0 Å². The second-order valence-electron chi connectivity index (χ2n) is 4.38. The molecule has 3 rings (SSSR count). The van der Waals surface area contributed by atoms with E-state index in [2.05, 4.69) is 21.7 Å². The van der Waals surface area contributed by atoms with Gasteiger partial charge in [-0.05, 0) is 18.2 Å². The van der Waals surface area contributed by atoms with Gasteiger partial charge in [0.1, 0.15) is 12.9 Å². The summed E-state index contributed by atoms with van der Waals surface area (Å²) in [5.41, 5.74) is 3.11. The van der Waals surface area contributed by atoms with Crippen LogP contribution < -0.4 is 28.5 Å². The molecule has 0 amide bonds. The molecule has 0 N–H and O–H groups in total. The molecule has 98 valence electrons. The van der Waals surface area contributed by atoms with Crippen LogP contribution in [0.1, 0.15) is 0 Å². The predicted molar refractivity (Wildman–Crippen MR) is 72.3 cm³/mol. The van der Waals surface area contributed by atoms with Crippen molar-refractivity contribution in [3.05, 3.63) is 47.7 Å². The number of fused-ring (bicyclic) bond motifs is 1. The van der Waals surface area contributed by atoms with E-state index < -0.39 is 0 Å². The molecular weight excluding hydrogens is 373 g/mol. The van der Waals surface area contributed by atoms with Crippen molar-refractivity contribution >= 4 is 22.6 Å². The molecule has 0 spiro atoms. The molecule has 3 aromatic rings. The van der Waals surface area contributed by atoms with Crippen LogP contribution in [0, 0.1) is 0 Å². The molecule has 19 heavy (non-hydrogen) atoms. The quantitative estimate of drug-likeness (QED) is 0.417. The molecule has 0 bridgehead atoms. The van der Waals surface area contributed by atoms with Crippen LogP contribution in [-0.2, 0) is 14.1 Å². The molecule has 1 aromatic carbocycles. The molecule has 0 unspecified atom stereocenters. The van der Waals surface area contributed by atoms with Crippen LogP contribution in [0.5, 0.6) is 0 Å². The second kappa shape index (κ2) is 5.46. The summed E-state index contributed by atoms with van der Waals surface area (Å²) < 4.78 is 4.07. The van der Waals surface area contributed by atoms with E-state index in [9.17, 15) is 0 Å². The van der Waals surface area contributed by atoms with E-state index >= 15 is 0 Å². The Hall–Kier alpha value is -1.14. The molecule has 3 nitrogen and oxygen atoms in total. The zero-order valence-electron chi connectivity index (χ0n) is 10.6. The van der Waals surface area contributed by atoms with Gasteiger partial charge in [-0.2, -0.15) is 0 Å². The maximum absolute atomic E-state index is 6.02. The van der Waals surface area contributed by atoms with Crippen molar-refractivity contribution in [3.8, 4) is 11.4 Å². The van der Waals surface area contributed by atoms with E-state index in [1.807, 2.05) is 49.3 Å². The SMILES string of the molecule is Cn1c(-c2cc[n+](C)cc2)nc2ccc(Cl)cc21.[I-]. The maximum Gasteiger partial charge on any atom is 0.169 e. The summed E-state index contributed by atoms with van der Waals surface area (Å²) in [7, 11) is 4.01. The highest BCUT2D eigenvalue weighted by Gasteiger charge is 2.10. The summed E-state index contributed by atoms with van der Waals surface area (Å²) in [5, 5.41) is 0.733. The van der Waals surface area contributed by atoms with Gasteiger partial charge in [-0.3, -0.25) is 0 Å². The highest BCUT2D eigenvalue weighted by Crippen LogP contribution is 2.24. The Morgan fingerprint density at radius 3 is 2.53 bits per heavy atom. The minimum atomic E-state index is 0. The molecule has 2 aromatic heterocycles. The third kappa shape index (κ3) is 2.60. The topological polar surface area (TPSA) is 21.7 Å². The Kier molecular flexibility index (Phi) is 4.10. The van der Waals surface area contributed by atoms with Gasteiger partial charge in [0.25, 0.3) is 0 Å². The van der Waals surface area contributed by atoms with E-state index in [0.29, 0.717) is 0 Å². The van der Waals surface area contributed by atoms with Crippen LogP contribution in [0.2, 0.25) is 5.02 Å². The molecule has 0 aliphatic rings. The van der Waals surface area contributed by atoms with Gasteiger partial charge in [-0.1, -0.05) is 11.6 Å². The lowest BCUT2D eigenvalue weighted by Gasteiger charge is -2.01. The smallest absolute Gasteiger partial charge is 0.169 e. The minimum Gasteiger partial charge on any atom is -1.00 e. The van der Waals surface area contributed by atoms with Gasteiger partial charge in [0.05, 0.1) is 11.0 Å². The Morgan fingerprint density at radius 2 is 1.84 bits per heavy atom. The van der Waals surface area contributed by atoms with Crippen LogP contribution in [0.4, 0.5) is 0 Å². The van der Waals surface area contributed by atoms with Crippen molar-refractivity contribution < 1.29 is 28.5 Å². The Labute approximate surface area is 133 Å². The summed E-state index contributed by atoms with van der Waals surface area (Å²) in [6.07, 6.45) is 4.03.